The van der Waals surface area contributed by atoms with Crippen molar-refractivity contribution in [1.29, 1.82) is 0 Å². The van der Waals surface area contributed by atoms with Gasteiger partial charge in [-0.25, -0.2) is 0 Å². The van der Waals surface area contributed by atoms with E-state index in [2.05, 4.69) is 47.5 Å². The van der Waals surface area contributed by atoms with Gasteiger partial charge in [0.15, 0.2) is 0 Å². The van der Waals surface area contributed by atoms with Gasteiger partial charge in [-0.2, -0.15) is 0 Å². The van der Waals surface area contributed by atoms with Crippen LogP contribution in [0.2, 0.25) is 10.0 Å². The van der Waals surface area contributed by atoms with Crippen molar-refractivity contribution in [2.24, 2.45) is 0 Å². The Morgan fingerprint density at radius 1 is 0.944 bits per heavy atom. The monoisotopic (exact) mass is 541 g/mol. The van der Waals surface area contributed by atoms with E-state index in [0.717, 1.165) is 19.4 Å². The fourth-order valence-corrected chi connectivity index (χ4v) is 6.67. The van der Waals surface area contributed by atoms with Crippen molar-refractivity contribution in [3.05, 3.63) is 91.1 Å². The van der Waals surface area contributed by atoms with Gasteiger partial charge in [-0.15, -0.1) is 11.3 Å². The number of rotatable bonds is 4. The zero-order valence-electron chi connectivity index (χ0n) is 20.3. The number of hydrogen-bond acceptors (Lipinski definition) is 4. The van der Waals surface area contributed by atoms with Crippen LogP contribution in [0.5, 0.6) is 0 Å². The summed E-state index contributed by atoms with van der Waals surface area (Å²) < 4.78 is 0. The highest BCUT2D eigenvalue weighted by atomic mass is 35.5. The summed E-state index contributed by atoms with van der Waals surface area (Å²) >= 11 is 14.1. The van der Waals surface area contributed by atoms with Gasteiger partial charge in [0.25, 0.3) is 5.91 Å². The summed E-state index contributed by atoms with van der Waals surface area (Å²) in [7, 11) is 0. The number of halogens is 2. The molecule has 1 unspecified atom stereocenters. The van der Waals surface area contributed by atoms with E-state index in [1.165, 1.54) is 21.6 Å². The molecule has 1 saturated heterocycles. The van der Waals surface area contributed by atoms with E-state index in [1.807, 2.05) is 16.2 Å². The normalized spacial score (nSPS) is 18.6. The third-order valence-electron chi connectivity index (χ3n) is 7.18. The van der Waals surface area contributed by atoms with Crippen LogP contribution in [-0.2, 0) is 11.2 Å². The fourth-order valence-electron chi connectivity index (χ4n) is 5.27. The quantitative estimate of drug-likeness (QED) is 0.426. The maximum absolute atomic E-state index is 13.5. The first-order chi connectivity index (χ1) is 17.4. The third-order valence-corrected chi connectivity index (χ3v) is 8.73. The van der Waals surface area contributed by atoms with Gasteiger partial charge in [-0.3, -0.25) is 14.5 Å². The van der Waals surface area contributed by atoms with Crippen LogP contribution in [0.25, 0.3) is 0 Å². The van der Waals surface area contributed by atoms with Gasteiger partial charge < -0.3 is 9.80 Å². The number of amides is 2. The van der Waals surface area contributed by atoms with Gasteiger partial charge in [-0.1, -0.05) is 47.5 Å². The lowest BCUT2D eigenvalue weighted by Crippen LogP contribution is -2.45. The molecule has 2 aliphatic rings. The Labute approximate surface area is 226 Å². The molecule has 5 nitrogen and oxygen atoms in total. The van der Waals surface area contributed by atoms with Gasteiger partial charge in [0, 0.05) is 42.6 Å². The molecule has 0 aliphatic carbocycles. The lowest BCUT2D eigenvalue weighted by atomic mass is 9.90. The molecule has 3 aromatic rings. The molecule has 0 radical (unpaired) electrons. The lowest BCUT2D eigenvalue weighted by Gasteiger charge is -2.37. The number of benzene rings is 2. The minimum Gasteiger partial charge on any atom is -0.340 e. The molecule has 2 aromatic carbocycles. The maximum atomic E-state index is 13.5. The molecule has 0 spiro atoms. The smallest absolute Gasteiger partial charge is 0.255 e. The minimum absolute atomic E-state index is 0.0854. The standard InChI is InChI=1S/C28H29Cl2N3O2S/c1-19-5-2-3-6-21(19)27-23-10-16-36-25(23)9-13-33(27)18-26(34)31-11-4-12-32(15-14-31)28(35)22-8-7-20(29)17-24(22)30/h2-3,5-8,10,16-17,27H,4,9,11-15,18H2,1H3. The van der Waals surface area contributed by atoms with Gasteiger partial charge >= 0.3 is 0 Å². The number of carbonyl (C=O) groups excluding carboxylic acids is 2. The second-order valence-corrected chi connectivity index (χ2v) is 11.3. The summed E-state index contributed by atoms with van der Waals surface area (Å²) in [6.07, 6.45) is 1.70. The molecule has 8 heteroatoms. The van der Waals surface area contributed by atoms with Crippen LogP contribution >= 0.6 is 34.5 Å². The second-order valence-electron chi connectivity index (χ2n) is 9.43. The summed E-state index contributed by atoms with van der Waals surface area (Å²) in [5.74, 6) is -0.00214. The van der Waals surface area contributed by atoms with Gasteiger partial charge in [0.05, 0.1) is 23.2 Å². The van der Waals surface area contributed by atoms with Crippen LogP contribution in [-0.4, -0.2) is 65.8 Å². The third kappa shape index (κ3) is 5.18. The van der Waals surface area contributed by atoms with Crippen molar-refractivity contribution < 1.29 is 9.59 Å². The highest BCUT2D eigenvalue weighted by Crippen LogP contribution is 2.38. The van der Waals surface area contributed by atoms with Crippen LogP contribution in [0.15, 0.2) is 53.9 Å². The van der Waals surface area contributed by atoms with Crippen molar-refractivity contribution in [2.75, 3.05) is 39.3 Å². The fraction of sp³-hybridized carbons (Fsp3) is 0.357. The van der Waals surface area contributed by atoms with Crippen molar-refractivity contribution in [3.63, 3.8) is 0 Å². The Bertz CT molecular complexity index is 1280. The molecular formula is C28H29Cl2N3O2S. The van der Waals surface area contributed by atoms with Gasteiger partial charge in [0.2, 0.25) is 5.91 Å². The summed E-state index contributed by atoms with van der Waals surface area (Å²) in [5.41, 5.74) is 4.27. The number of fused-ring (bicyclic) bond motifs is 1. The van der Waals surface area contributed by atoms with E-state index in [-0.39, 0.29) is 17.9 Å². The molecule has 36 heavy (non-hydrogen) atoms. The average Bonchev–Trinajstić information content (AvgIpc) is 3.20. The number of nitrogens with zero attached hydrogens (tertiary/aromatic N) is 3. The molecule has 1 atom stereocenters. The first-order valence-corrected chi connectivity index (χ1v) is 13.9. The maximum Gasteiger partial charge on any atom is 0.255 e. The van der Waals surface area contributed by atoms with Crippen LogP contribution in [0, 0.1) is 6.92 Å². The van der Waals surface area contributed by atoms with E-state index < -0.39 is 0 Å². The summed E-state index contributed by atoms with van der Waals surface area (Å²) in [4.78, 5) is 34.0. The molecule has 1 aromatic heterocycles. The van der Waals surface area contributed by atoms with Crippen LogP contribution in [0.1, 0.15) is 44.4 Å². The zero-order valence-corrected chi connectivity index (χ0v) is 22.6. The molecule has 0 bridgehead atoms. The van der Waals surface area contributed by atoms with Gasteiger partial charge in [0.1, 0.15) is 0 Å². The van der Waals surface area contributed by atoms with Crippen LogP contribution < -0.4 is 0 Å². The molecule has 0 saturated carbocycles. The predicted molar refractivity (Wildman–Crippen MR) is 146 cm³/mol. The summed E-state index contributed by atoms with van der Waals surface area (Å²) in [6, 6.07) is 15.7. The Morgan fingerprint density at radius 3 is 2.53 bits per heavy atom. The second kappa shape index (κ2) is 10.9. The molecule has 188 valence electrons. The predicted octanol–water partition coefficient (Wildman–Crippen LogP) is 5.69. The Hall–Kier alpha value is -2.38. The van der Waals surface area contributed by atoms with E-state index in [4.69, 9.17) is 23.2 Å². The summed E-state index contributed by atoms with van der Waals surface area (Å²) in [6.45, 7) is 5.60. The van der Waals surface area contributed by atoms with E-state index in [0.29, 0.717) is 48.3 Å². The topological polar surface area (TPSA) is 43.9 Å². The van der Waals surface area contributed by atoms with Crippen molar-refractivity contribution in [2.45, 2.75) is 25.8 Å². The number of thiophene rings is 1. The molecule has 3 heterocycles. The van der Waals surface area contributed by atoms with E-state index in [9.17, 15) is 9.59 Å². The Kier molecular flexibility index (Phi) is 7.68. The molecule has 2 aliphatic heterocycles. The molecule has 5 rings (SSSR count). The van der Waals surface area contributed by atoms with E-state index in [1.54, 1.807) is 23.1 Å². The molecule has 0 N–H and O–H groups in total. The largest absolute Gasteiger partial charge is 0.340 e. The lowest BCUT2D eigenvalue weighted by molar-refractivity contribution is -0.132. The average molecular weight is 543 g/mol. The van der Waals surface area contributed by atoms with E-state index >= 15 is 0 Å². The highest BCUT2D eigenvalue weighted by molar-refractivity contribution is 7.10. The van der Waals surface area contributed by atoms with Crippen LogP contribution in [0.3, 0.4) is 0 Å². The van der Waals surface area contributed by atoms with Crippen LogP contribution in [0.4, 0.5) is 0 Å². The van der Waals surface area contributed by atoms with Gasteiger partial charge in [-0.05, 0) is 66.1 Å². The molecule has 2 amide bonds. The van der Waals surface area contributed by atoms with Crippen molar-refractivity contribution in [1.82, 2.24) is 14.7 Å². The SMILES string of the molecule is Cc1ccccc1C1c2ccsc2CCN1CC(=O)N1CCCN(C(=O)c2ccc(Cl)cc2Cl)CC1. The molecular weight excluding hydrogens is 513 g/mol. The summed E-state index contributed by atoms with van der Waals surface area (Å²) in [5, 5.41) is 3.01. The Balaban J connectivity index is 1.28. The van der Waals surface area contributed by atoms with Crippen molar-refractivity contribution in [3.8, 4) is 0 Å². The minimum atomic E-state index is -0.119. The number of aryl methyl sites for hydroxylation is 1. The number of hydrogen-bond donors (Lipinski definition) is 0. The zero-order chi connectivity index (χ0) is 25.2. The molecule has 1 fully saturated rings. The first-order valence-electron chi connectivity index (χ1n) is 12.3. The number of carbonyl (C=O) groups is 2. The highest BCUT2D eigenvalue weighted by Gasteiger charge is 2.33. The Morgan fingerprint density at radius 2 is 1.72 bits per heavy atom. The van der Waals surface area contributed by atoms with Crippen molar-refractivity contribution >= 4 is 46.4 Å². The first kappa shape index (κ1) is 25.3.